The molecule has 0 amide bonds. The normalized spacial score (nSPS) is 10.8. The molecule has 0 aliphatic rings. The molecule has 0 heterocycles. The summed E-state index contributed by atoms with van der Waals surface area (Å²) in [5.41, 5.74) is 1.14. The van der Waals surface area contributed by atoms with E-state index in [1.807, 2.05) is 0 Å². The van der Waals surface area contributed by atoms with E-state index >= 15 is 0 Å². The third-order valence-electron chi connectivity index (χ3n) is 2.36. The summed E-state index contributed by atoms with van der Waals surface area (Å²) in [6.45, 7) is 0. The molecule has 0 saturated heterocycles. The van der Waals surface area contributed by atoms with Crippen LogP contribution in [-0.2, 0) is 0 Å². The van der Waals surface area contributed by atoms with Gasteiger partial charge in [0.05, 0.1) is 0 Å². The van der Waals surface area contributed by atoms with Crippen LogP contribution >= 0.6 is 11.6 Å². The molecule has 0 N–H and O–H groups in total. The summed E-state index contributed by atoms with van der Waals surface area (Å²) in [6.07, 6.45) is -2.49. The number of benzene rings is 2. The van der Waals surface area contributed by atoms with Gasteiger partial charge in [0.25, 0.3) is 6.43 Å². The van der Waals surface area contributed by atoms with Crippen LogP contribution in [0, 0.1) is 0 Å². The first-order valence-electron chi connectivity index (χ1n) is 4.82. The van der Waals surface area contributed by atoms with Gasteiger partial charge in [0.1, 0.15) is 0 Å². The minimum absolute atomic E-state index is 0.00981. The summed E-state index contributed by atoms with van der Waals surface area (Å²) in [5.74, 6) is 0. The molecule has 2 rings (SSSR count). The zero-order valence-corrected chi connectivity index (χ0v) is 9.09. The summed E-state index contributed by atoms with van der Waals surface area (Å²) in [5, 5.41) is 0.482. The lowest BCUT2D eigenvalue weighted by Crippen LogP contribution is -1.90. The largest absolute Gasteiger partial charge is 0.264 e. The Morgan fingerprint density at radius 3 is 2.00 bits per heavy atom. The summed E-state index contributed by atoms with van der Waals surface area (Å²) in [4.78, 5) is 0. The second-order valence-corrected chi connectivity index (χ2v) is 3.77. The predicted molar refractivity (Wildman–Crippen MR) is 61.8 cm³/mol. The Hall–Kier alpha value is -1.41. The molecule has 0 aromatic heterocycles. The highest BCUT2D eigenvalue weighted by Gasteiger charge is 2.14. The van der Waals surface area contributed by atoms with E-state index in [1.165, 1.54) is 6.07 Å². The molecule has 0 spiro atoms. The van der Waals surface area contributed by atoms with E-state index in [9.17, 15) is 8.78 Å². The molecular formula is C13H9ClF2. The van der Waals surface area contributed by atoms with E-state index in [4.69, 9.17) is 11.6 Å². The van der Waals surface area contributed by atoms with E-state index < -0.39 is 6.43 Å². The van der Waals surface area contributed by atoms with Crippen molar-refractivity contribution in [1.82, 2.24) is 0 Å². The molecule has 3 heteroatoms. The number of rotatable bonds is 2. The molecular weight excluding hydrogens is 230 g/mol. The van der Waals surface area contributed by atoms with Crippen molar-refractivity contribution in [3.8, 4) is 11.1 Å². The molecule has 0 bridgehead atoms. The first kappa shape index (κ1) is 11.1. The van der Waals surface area contributed by atoms with Crippen LogP contribution in [0.4, 0.5) is 8.78 Å². The smallest absolute Gasteiger partial charge is 0.205 e. The van der Waals surface area contributed by atoms with Crippen molar-refractivity contribution in [3.63, 3.8) is 0 Å². The lowest BCUT2D eigenvalue weighted by molar-refractivity contribution is 0.152. The third-order valence-corrected chi connectivity index (χ3v) is 2.69. The van der Waals surface area contributed by atoms with E-state index in [-0.39, 0.29) is 5.56 Å². The fraction of sp³-hybridized carbons (Fsp3) is 0.0769. The Balaban J connectivity index is 2.60. The van der Waals surface area contributed by atoms with Crippen LogP contribution in [0.25, 0.3) is 11.1 Å². The highest BCUT2D eigenvalue weighted by atomic mass is 35.5. The Morgan fingerprint density at radius 2 is 1.38 bits per heavy atom. The quantitative estimate of drug-likeness (QED) is 0.695. The van der Waals surface area contributed by atoms with Crippen molar-refractivity contribution in [3.05, 3.63) is 59.1 Å². The minimum Gasteiger partial charge on any atom is -0.205 e. The first-order chi connectivity index (χ1) is 7.70. The van der Waals surface area contributed by atoms with E-state index in [0.29, 0.717) is 16.1 Å². The third kappa shape index (κ3) is 2.07. The van der Waals surface area contributed by atoms with Crippen molar-refractivity contribution in [1.29, 1.82) is 0 Å². The SMILES string of the molecule is FC(F)c1ccccc1-c1ccccc1Cl. The number of hydrogen-bond acceptors (Lipinski definition) is 0. The average molecular weight is 239 g/mol. The zero-order valence-electron chi connectivity index (χ0n) is 8.33. The summed E-state index contributed by atoms with van der Waals surface area (Å²) < 4.78 is 25.6. The number of alkyl halides is 2. The van der Waals surface area contributed by atoms with Gasteiger partial charge >= 0.3 is 0 Å². The predicted octanol–water partition coefficient (Wildman–Crippen LogP) is 4.94. The van der Waals surface area contributed by atoms with Crippen molar-refractivity contribution < 1.29 is 8.78 Å². The van der Waals surface area contributed by atoms with Gasteiger partial charge in [-0.3, -0.25) is 0 Å². The maximum absolute atomic E-state index is 12.8. The van der Waals surface area contributed by atoms with Gasteiger partial charge in [-0.1, -0.05) is 54.1 Å². The van der Waals surface area contributed by atoms with Crippen molar-refractivity contribution >= 4 is 11.6 Å². The highest BCUT2D eigenvalue weighted by molar-refractivity contribution is 6.33. The molecule has 0 radical (unpaired) electrons. The topological polar surface area (TPSA) is 0 Å². The Labute approximate surface area is 97.5 Å². The second kappa shape index (κ2) is 4.62. The average Bonchev–Trinajstić information content (AvgIpc) is 2.29. The van der Waals surface area contributed by atoms with E-state index in [2.05, 4.69) is 0 Å². The molecule has 0 saturated carbocycles. The van der Waals surface area contributed by atoms with Gasteiger partial charge in [-0.05, 0) is 11.6 Å². The van der Waals surface area contributed by atoms with E-state index in [1.54, 1.807) is 42.5 Å². The Kier molecular flexibility index (Phi) is 3.20. The fourth-order valence-corrected chi connectivity index (χ4v) is 1.85. The zero-order chi connectivity index (χ0) is 11.5. The van der Waals surface area contributed by atoms with Crippen molar-refractivity contribution in [2.75, 3.05) is 0 Å². The van der Waals surface area contributed by atoms with Crippen LogP contribution in [0.15, 0.2) is 48.5 Å². The van der Waals surface area contributed by atoms with Crippen LogP contribution in [0.3, 0.4) is 0 Å². The van der Waals surface area contributed by atoms with Gasteiger partial charge in [-0.15, -0.1) is 0 Å². The molecule has 0 unspecified atom stereocenters. The molecule has 16 heavy (non-hydrogen) atoms. The number of hydrogen-bond donors (Lipinski definition) is 0. The van der Waals surface area contributed by atoms with E-state index in [0.717, 1.165) is 0 Å². The monoisotopic (exact) mass is 238 g/mol. The van der Waals surface area contributed by atoms with Gasteiger partial charge in [-0.2, -0.15) is 0 Å². The van der Waals surface area contributed by atoms with Crippen LogP contribution in [0.1, 0.15) is 12.0 Å². The first-order valence-corrected chi connectivity index (χ1v) is 5.20. The molecule has 0 aliphatic heterocycles. The lowest BCUT2D eigenvalue weighted by Gasteiger charge is -2.09. The summed E-state index contributed by atoms with van der Waals surface area (Å²) >= 11 is 5.99. The minimum atomic E-state index is -2.49. The Bertz CT molecular complexity index is 495. The van der Waals surface area contributed by atoms with Gasteiger partial charge in [0, 0.05) is 16.1 Å². The van der Waals surface area contributed by atoms with Crippen LogP contribution in [0.5, 0.6) is 0 Å². The standard InChI is InChI=1S/C13H9ClF2/c14-12-8-4-3-6-10(12)9-5-1-2-7-11(9)13(15)16/h1-8,13H. The van der Waals surface area contributed by atoms with Gasteiger partial charge < -0.3 is 0 Å². The lowest BCUT2D eigenvalue weighted by atomic mass is 10.00. The van der Waals surface area contributed by atoms with Gasteiger partial charge in [0.2, 0.25) is 0 Å². The maximum Gasteiger partial charge on any atom is 0.264 e. The van der Waals surface area contributed by atoms with Gasteiger partial charge in [-0.25, -0.2) is 8.78 Å². The molecule has 0 fully saturated rings. The van der Waals surface area contributed by atoms with Crippen molar-refractivity contribution in [2.24, 2.45) is 0 Å². The molecule has 0 nitrogen and oxygen atoms in total. The highest BCUT2D eigenvalue weighted by Crippen LogP contribution is 2.34. The molecule has 2 aromatic rings. The Morgan fingerprint density at radius 1 is 0.812 bits per heavy atom. The van der Waals surface area contributed by atoms with Crippen LogP contribution in [-0.4, -0.2) is 0 Å². The summed E-state index contributed by atoms with van der Waals surface area (Å²) in [7, 11) is 0. The second-order valence-electron chi connectivity index (χ2n) is 3.37. The van der Waals surface area contributed by atoms with Crippen molar-refractivity contribution in [2.45, 2.75) is 6.43 Å². The van der Waals surface area contributed by atoms with Crippen LogP contribution < -0.4 is 0 Å². The van der Waals surface area contributed by atoms with Crippen LogP contribution in [0.2, 0.25) is 5.02 Å². The molecule has 0 aliphatic carbocycles. The molecule has 2 aromatic carbocycles. The maximum atomic E-state index is 12.8. The van der Waals surface area contributed by atoms with Gasteiger partial charge in [0.15, 0.2) is 0 Å². The molecule has 82 valence electrons. The summed E-state index contributed by atoms with van der Waals surface area (Å²) in [6, 6.07) is 13.4. The number of halogens is 3. The fourth-order valence-electron chi connectivity index (χ4n) is 1.61. The molecule has 0 atom stereocenters.